The molecule has 3 heteroatoms. The summed E-state index contributed by atoms with van der Waals surface area (Å²) in [5.74, 6) is 0.159. The second-order valence-electron chi connectivity index (χ2n) is 6.37. The number of piperidine rings is 1. The van der Waals surface area contributed by atoms with Gasteiger partial charge >= 0.3 is 0 Å². The Kier molecular flexibility index (Phi) is 4.06. The Hall–Kier alpha value is -1.35. The van der Waals surface area contributed by atoms with E-state index in [4.69, 9.17) is 0 Å². The van der Waals surface area contributed by atoms with Crippen LogP contribution in [-0.4, -0.2) is 25.0 Å². The highest BCUT2D eigenvalue weighted by Crippen LogP contribution is 2.24. The van der Waals surface area contributed by atoms with Crippen LogP contribution in [0.4, 0.5) is 5.69 Å². The molecule has 3 nitrogen and oxygen atoms in total. The minimum Gasteiger partial charge on any atom is -0.325 e. The van der Waals surface area contributed by atoms with Gasteiger partial charge in [-0.05, 0) is 68.7 Å². The van der Waals surface area contributed by atoms with Gasteiger partial charge < -0.3 is 10.2 Å². The third-order valence-electron chi connectivity index (χ3n) is 4.85. The van der Waals surface area contributed by atoms with E-state index in [0.717, 1.165) is 18.7 Å². The predicted octanol–water partition coefficient (Wildman–Crippen LogP) is 1.57. The van der Waals surface area contributed by atoms with Crippen molar-refractivity contribution in [2.45, 2.75) is 51.5 Å². The van der Waals surface area contributed by atoms with Gasteiger partial charge in [0.25, 0.3) is 5.91 Å². The molecule has 20 heavy (non-hydrogen) atoms. The third-order valence-corrected chi connectivity index (χ3v) is 4.85. The molecule has 2 N–H and O–H groups in total. The van der Waals surface area contributed by atoms with Crippen LogP contribution < -0.4 is 10.2 Å². The smallest absolute Gasteiger partial charge is 0.279 e. The standard InChI is InChI=1S/C17H24N2O/c1-13-5-2-3-10-19(13)12-17(20)18-16-9-8-14-6-4-7-15(14)11-16/h8-9,11,13H,2-7,10,12H2,1H3,(H,18,20)/p+1/t13-/m0/s1. The van der Waals surface area contributed by atoms with Crippen molar-refractivity contribution in [1.82, 2.24) is 0 Å². The zero-order valence-electron chi connectivity index (χ0n) is 12.4. The summed E-state index contributed by atoms with van der Waals surface area (Å²) < 4.78 is 0. The maximum absolute atomic E-state index is 12.2. The molecule has 108 valence electrons. The van der Waals surface area contributed by atoms with Gasteiger partial charge in [-0.3, -0.25) is 4.79 Å². The monoisotopic (exact) mass is 273 g/mol. The molecule has 1 aliphatic carbocycles. The highest BCUT2D eigenvalue weighted by atomic mass is 16.2. The molecule has 0 bridgehead atoms. The number of hydrogen-bond acceptors (Lipinski definition) is 1. The molecule has 2 atom stereocenters. The Morgan fingerprint density at radius 1 is 1.25 bits per heavy atom. The van der Waals surface area contributed by atoms with Gasteiger partial charge in [-0.25, -0.2) is 0 Å². The first-order chi connectivity index (χ1) is 9.72. The molecule has 1 unspecified atom stereocenters. The van der Waals surface area contributed by atoms with E-state index < -0.39 is 0 Å². The molecule has 3 rings (SSSR count). The molecule has 1 heterocycles. The van der Waals surface area contributed by atoms with Gasteiger partial charge in [-0.1, -0.05) is 6.07 Å². The molecule has 2 aliphatic rings. The van der Waals surface area contributed by atoms with Crippen LogP contribution >= 0.6 is 0 Å². The summed E-state index contributed by atoms with van der Waals surface area (Å²) in [6, 6.07) is 7.01. The molecule has 1 aliphatic heterocycles. The average Bonchev–Trinajstić information content (AvgIpc) is 2.89. The summed E-state index contributed by atoms with van der Waals surface area (Å²) >= 11 is 0. The van der Waals surface area contributed by atoms with E-state index in [2.05, 4.69) is 30.4 Å². The highest BCUT2D eigenvalue weighted by Gasteiger charge is 2.24. The fourth-order valence-electron chi connectivity index (χ4n) is 3.58. The van der Waals surface area contributed by atoms with Gasteiger partial charge in [-0.15, -0.1) is 0 Å². The van der Waals surface area contributed by atoms with Crippen LogP contribution in [0.25, 0.3) is 0 Å². The number of rotatable bonds is 3. The van der Waals surface area contributed by atoms with Crippen molar-refractivity contribution in [3.05, 3.63) is 29.3 Å². The van der Waals surface area contributed by atoms with E-state index in [0.29, 0.717) is 12.6 Å². The van der Waals surface area contributed by atoms with E-state index in [9.17, 15) is 4.79 Å². The van der Waals surface area contributed by atoms with Crippen LogP contribution in [0.15, 0.2) is 18.2 Å². The molecule has 1 saturated heterocycles. The zero-order valence-corrected chi connectivity index (χ0v) is 12.4. The third kappa shape index (κ3) is 3.04. The second-order valence-corrected chi connectivity index (χ2v) is 6.37. The summed E-state index contributed by atoms with van der Waals surface area (Å²) in [5, 5.41) is 3.08. The van der Waals surface area contributed by atoms with E-state index in [1.807, 2.05) is 0 Å². The molecule has 1 amide bonds. The molecule has 0 aromatic heterocycles. The molecule has 0 saturated carbocycles. The fraction of sp³-hybridized carbons (Fsp3) is 0.588. The summed E-state index contributed by atoms with van der Waals surface area (Å²) in [5.41, 5.74) is 3.85. The number of benzene rings is 1. The number of fused-ring (bicyclic) bond motifs is 1. The van der Waals surface area contributed by atoms with E-state index in [-0.39, 0.29) is 5.91 Å². The number of carbonyl (C=O) groups is 1. The van der Waals surface area contributed by atoms with Crippen LogP contribution in [0.5, 0.6) is 0 Å². The van der Waals surface area contributed by atoms with Crippen molar-refractivity contribution in [3.63, 3.8) is 0 Å². The van der Waals surface area contributed by atoms with Crippen molar-refractivity contribution < 1.29 is 9.69 Å². The van der Waals surface area contributed by atoms with Crippen LogP contribution in [-0.2, 0) is 17.6 Å². The molecule has 1 aromatic carbocycles. The average molecular weight is 273 g/mol. The Morgan fingerprint density at radius 3 is 2.95 bits per heavy atom. The van der Waals surface area contributed by atoms with Gasteiger partial charge in [0.15, 0.2) is 6.54 Å². The summed E-state index contributed by atoms with van der Waals surface area (Å²) in [6.07, 6.45) is 7.43. The maximum atomic E-state index is 12.2. The van der Waals surface area contributed by atoms with E-state index >= 15 is 0 Å². The number of carbonyl (C=O) groups excluding carboxylic acids is 1. The van der Waals surface area contributed by atoms with E-state index in [1.54, 1.807) is 0 Å². The van der Waals surface area contributed by atoms with Crippen molar-refractivity contribution >= 4 is 11.6 Å². The summed E-state index contributed by atoms with van der Waals surface area (Å²) in [7, 11) is 0. The van der Waals surface area contributed by atoms with E-state index in [1.165, 1.54) is 48.1 Å². The van der Waals surface area contributed by atoms with Crippen LogP contribution in [0, 0.1) is 0 Å². The first kappa shape index (κ1) is 13.6. The Balaban J connectivity index is 1.58. The van der Waals surface area contributed by atoms with Gasteiger partial charge in [0.1, 0.15) is 0 Å². The lowest BCUT2D eigenvalue weighted by molar-refractivity contribution is -0.920. The summed E-state index contributed by atoms with van der Waals surface area (Å²) in [4.78, 5) is 13.6. The Bertz CT molecular complexity index is 498. The fourth-order valence-corrected chi connectivity index (χ4v) is 3.58. The topological polar surface area (TPSA) is 33.5 Å². The number of nitrogens with one attached hydrogen (secondary N) is 2. The van der Waals surface area contributed by atoms with Crippen molar-refractivity contribution in [2.24, 2.45) is 0 Å². The number of likely N-dealkylation sites (tertiary alicyclic amines) is 1. The number of quaternary nitrogens is 1. The van der Waals surface area contributed by atoms with Gasteiger partial charge in [0.2, 0.25) is 0 Å². The zero-order chi connectivity index (χ0) is 13.9. The second kappa shape index (κ2) is 5.96. The van der Waals surface area contributed by atoms with Crippen LogP contribution in [0.3, 0.4) is 0 Å². The number of hydrogen-bond donors (Lipinski definition) is 2. The number of amides is 1. The molecule has 1 aromatic rings. The van der Waals surface area contributed by atoms with Gasteiger partial charge in [-0.2, -0.15) is 0 Å². The highest BCUT2D eigenvalue weighted by molar-refractivity contribution is 5.91. The Labute approximate surface area is 121 Å². The first-order valence-electron chi connectivity index (χ1n) is 7.98. The summed E-state index contributed by atoms with van der Waals surface area (Å²) in [6.45, 7) is 4.01. The van der Waals surface area contributed by atoms with Gasteiger partial charge in [0.05, 0.1) is 12.6 Å². The molecule has 1 fully saturated rings. The Morgan fingerprint density at radius 2 is 2.10 bits per heavy atom. The lowest BCUT2D eigenvalue weighted by Gasteiger charge is -2.29. The number of anilines is 1. The van der Waals surface area contributed by atoms with Crippen molar-refractivity contribution in [2.75, 3.05) is 18.4 Å². The predicted molar refractivity (Wildman–Crippen MR) is 81.1 cm³/mol. The minimum absolute atomic E-state index is 0.159. The van der Waals surface area contributed by atoms with Crippen molar-refractivity contribution in [1.29, 1.82) is 0 Å². The molecule has 0 spiro atoms. The largest absolute Gasteiger partial charge is 0.325 e. The van der Waals surface area contributed by atoms with Gasteiger partial charge in [0, 0.05) is 5.69 Å². The number of aryl methyl sites for hydroxylation is 2. The maximum Gasteiger partial charge on any atom is 0.279 e. The SMILES string of the molecule is C[C@H]1CCCC[NH+]1CC(=O)Nc1ccc2c(c1)CCC2. The minimum atomic E-state index is 0.159. The molecular weight excluding hydrogens is 248 g/mol. The van der Waals surface area contributed by atoms with Crippen molar-refractivity contribution in [3.8, 4) is 0 Å². The quantitative estimate of drug-likeness (QED) is 0.861. The van der Waals surface area contributed by atoms with Crippen LogP contribution in [0.2, 0.25) is 0 Å². The molecular formula is C17H25N2O+. The van der Waals surface area contributed by atoms with Crippen LogP contribution in [0.1, 0.15) is 43.7 Å². The first-order valence-corrected chi connectivity index (χ1v) is 7.98. The molecule has 0 radical (unpaired) electrons. The lowest BCUT2D eigenvalue weighted by Crippen LogP contribution is -3.17. The lowest BCUT2D eigenvalue weighted by atomic mass is 10.0. The normalized spacial score (nSPS) is 25.2.